The summed E-state index contributed by atoms with van der Waals surface area (Å²) in [7, 11) is -0.686. The molecule has 1 spiro atoms. The summed E-state index contributed by atoms with van der Waals surface area (Å²) in [5, 5.41) is 18.8. The average molecular weight is 732 g/mol. The second-order valence-corrected chi connectivity index (χ2v) is 17.9. The number of anilines is 1. The molecule has 14 heteroatoms. The zero-order chi connectivity index (χ0) is 37.2. The lowest BCUT2D eigenvalue weighted by molar-refractivity contribution is -0.146. The number of aliphatic hydroxyl groups excluding tert-OH is 1. The van der Waals surface area contributed by atoms with Gasteiger partial charge in [0.15, 0.2) is 11.4 Å². The number of amides is 1. The molecule has 276 valence electrons. The van der Waals surface area contributed by atoms with Gasteiger partial charge < -0.3 is 28.3 Å². The Hall–Kier alpha value is -4.66. The number of aromatic nitrogens is 4. The second kappa shape index (κ2) is 15.1. The highest BCUT2D eigenvalue weighted by atomic mass is 28.4. The fourth-order valence-corrected chi connectivity index (χ4v) is 10.6. The quantitative estimate of drug-likeness (QED) is 0.0811. The van der Waals surface area contributed by atoms with Crippen molar-refractivity contribution in [1.82, 2.24) is 19.6 Å². The van der Waals surface area contributed by atoms with E-state index in [1.54, 1.807) is 65.4 Å². The third-order valence-electron chi connectivity index (χ3n) is 10.5. The van der Waals surface area contributed by atoms with Crippen LogP contribution in [0.4, 0.5) is 9.80 Å². The first-order valence-electron chi connectivity index (χ1n) is 17.7. The van der Waals surface area contributed by atoms with Gasteiger partial charge in [-0.05, 0) is 68.3 Å². The van der Waals surface area contributed by atoms with Gasteiger partial charge in [-0.25, -0.2) is 0 Å². The van der Waals surface area contributed by atoms with Crippen LogP contribution in [0.1, 0.15) is 55.3 Å². The van der Waals surface area contributed by atoms with Crippen LogP contribution in [-0.2, 0) is 31.2 Å². The van der Waals surface area contributed by atoms with Gasteiger partial charge in [0.05, 0.1) is 44.2 Å². The highest BCUT2D eigenvalue weighted by Gasteiger charge is 2.66. The van der Waals surface area contributed by atoms with E-state index in [1.165, 1.54) is 18.8 Å². The number of ether oxygens (including phenoxy) is 3. The Morgan fingerprint density at radius 1 is 1.08 bits per heavy atom. The topological polar surface area (TPSA) is 138 Å². The van der Waals surface area contributed by atoms with E-state index in [2.05, 4.69) is 10.3 Å². The van der Waals surface area contributed by atoms with Crippen molar-refractivity contribution >= 4 is 26.0 Å². The molecule has 2 aliphatic rings. The summed E-state index contributed by atoms with van der Waals surface area (Å²) in [5.74, 6) is -1.33. The third-order valence-corrected chi connectivity index (χ3v) is 13.0. The van der Waals surface area contributed by atoms with Crippen molar-refractivity contribution in [2.75, 3.05) is 32.3 Å². The number of halogens is 1. The Morgan fingerprint density at radius 3 is 2.54 bits per heavy atom. The van der Waals surface area contributed by atoms with Gasteiger partial charge in [0.2, 0.25) is 8.41 Å². The highest BCUT2D eigenvalue weighted by Crippen LogP contribution is 2.60. The summed E-state index contributed by atoms with van der Waals surface area (Å²) in [6, 6.07) is 18.3. The minimum Gasteiger partial charge on any atom is -0.491 e. The number of rotatable bonds is 14. The van der Waals surface area contributed by atoms with Gasteiger partial charge in [0.25, 0.3) is 11.5 Å². The van der Waals surface area contributed by atoms with E-state index in [1.807, 2.05) is 37.3 Å². The molecule has 1 unspecified atom stereocenters. The van der Waals surface area contributed by atoms with Crippen LogP contribution >= 0.6 is 0 Å². The molecule has 2 aromatic heterocycles. The number of hydrogen-bond donors (Lipinski definition) is 1. The summed E-state index contributed by atoms with van der Waals surface area (Å²) in [5.41, 5.74) is 0.832. The molecule has 0 aliphatic carbocycles. The number of fused-ring (bicyclic) bond motifs is 2. The predicted octanol–water partition coefficient (Wildman–Crippen LogP) is 5.12. The first-order chi connectivity index (χ1) is 24.9. The zero-order valence-corrected chi connectivity index (χ0v) is 31.2. The standard InChI is InChI=1S/C38H46FN5O7Si/c1-25-35(52(4,5)39)32(18-21-42-23-30(40-41-42)28(24-45)26-12-7-6-8-13-26)51-38(25)29-22-27(43-20-11-14-33(49-2)36(43)47)16-17-31(29)44(37(38)48)19-10-9-15-34(46)50-3/h6-8,11-14,16-17,20,22-23,25,28,32,35,45H,9-10,15,18-19,21,24H2,1-5H3/t25-,28?,32+,35-,38+/m1/s1. The highest BCUT2D eigenvalue weighted by molar-refractivity contribution is 6.72. The fourth-order valence-electron chi connectivity index (χ4n) is 8.05. The first kappa shape index (κ1) is 37.1. The zero-order valence-electron chi connectivity index (χ0n) is 30.2. The molecule has 1 fully saturated rings. The average Bonchev–Trinajstić information content (AvgIpc) is 3.79. The van der Waals surface area contributed by atoms with Crippen molar-refractivity contribution in [3.05, 3.63) is 100 Å². The minimum atomic E-state index is -3.46. The van der Waals surface area contributed by atoms with Crippen LogP contribution in [0.15, 0.2) is 77.9 Å². The largest absolute Gasteiger partial charge is 0.491 e. The van der Waals surface area contributed by atoms with Crippen LogP contribution < -0.4 is 15.2 Å². The van der Waals surface area contributed by atoms with Gasteiger partial charge >= 0.3 is 5.97 Å². The Morgan fingerprint density at radius 2 is 1.85 bits per heavy atom. The van der Waals surface area contributed by atoms with Gasteiger partial charge in [-0.3, -0.25) is 23.6 Å². The number of benzene rings is 2. The number of hydrogen-bond acceptors (Lipinski definition) is 9. The van der Waals surface area contributed by atoms with Crippen molar-refractivity contribution in [3.63, 3.8) is 0 Å². The van der Waals surface area contributed by atoms with Gasteiger partial charge in [0, 0.05) is 54.6 Å². The van der Waals surface area contributed by atoms with Crippen LogP contribution in [0.25, 0.3) is 5.69 Å². The number of carbonyl (C=O) groups is 2. The minimum absolute atomic E-state index is 0.136. The van der Waals surface area contributed by atoms with E-state index >= 15 is 4.11 Å². The summed E-state index contributed by atoms with van der Waals surface area (Å²) in [6.07, 6.45) is 4.44. The maximum Gasteiger partial charge on any atom is 0.305 e. The van der Waals surface area contributed by atoms with E-state index < -0.39 is 31.6 Å². The predicted molar refractivity (Wildman–Crippen MR) is 195 cm³/mol. The Labute approximate surface area is 303 Å². The first-order valence-corrected chi connectivity index (χ1v) is 20.6. The third kappa shape index (κ3) is 6.82. The summed E-state index contributed by atoms with van der Waals surface area (Å²) >= 11 is 0. The van der Waals surface area contributed by atoms with Gasteiger partial charge in [-0.15, -0.1) is 5.10 Å². The van der Waals surface area contributed by atoms with E-state index in [-0.39, 0.29) is 42.1 Å². The molecule has 1 saturated heterocycles. The molecule has 0 bridgehead atoms. The number of aryl methyl sites for hydroxylation is 1. The van der Waals surface area contributed by atoms with Crippen LogP contribution in [0.3, 0.4) is 0 Å². The Kier molecular flexibility index (Phi) is 10.8. The van der Waals surface area contributed by atoms with E-state index in [0.29, 0.717) is 55.0 Å². The van der Waals surface area contributed by atoms with Crippen LogP contribution in [-0.4, -0.2) is 78.4 Å². The maximum atomic E-state index is 16.5. The molecule has 2 aromatic carbocycles. The molecule has 12 nitrogen and oxygen atoms in total. The molecule has 1 N–H and O–H groups in total. The number of methoxy groups -OCH3 is 2. The summed E-state index contributed by atoms with van der Waals surface area (Å²) < 4.78 is 36.7. The van der Waals surface area contributed by atoms with Gasteiger partial charge in [0.1, 0.15) is 0 Å². The Bertz CT molecular complexity index is 1960. The number of pyridine rings is 1. The van der Waals surface area contributed by atoms with Crippen LogP contribution in [0, 0.1) is 5.92 Å². The van der Waals surface area contributed by atoms with Crippen molar-refractivity contribution in [2.45, 2.75) is 75.4 Å². The SMILES string of the molecule is COC(=O)CCCCN1C(=O)[C@@]2(O[C@@H](CCn3cc(C(CO)c4ccccc4)nn3)[C@H]([Si](C)(C)F)[C@H]2C)c2cc(-n3cccc(OC)c3=O)ccc21. The van der Waals surface area contributed by atoms with E-state index in [9.17, 15) is 19.5 Å². The van der Waals surface area contributed by atoms with Gasteiger partial charge in [-0.1, -0.05) is 42.5 Å². The molecular formula is C38H46FN5O7Si. The molecule has 0 radical (unpaired) electrons. The smallest absolute Gasteiger partial charge is 0.305 e. The van der Waals surface area contributed by atoms with E-state index in [4.69, 9.17) is 14.2 Å². The van der Waals surface area contributed by atoms with Gasteiger partial charge in [-0.2, -0.15) is 0 Å². The molecular weight excluding hydrogens is 686 g/mol. The molecule has 4 heterocycles. The molecule has 5 atom stereocenters. The van der Waals surface area contributed by atoms with Crippen molar-refractivity contribution in [1.29, 1.82) is 0 Å². The summed E-state index contributed by atoms with van der Waals surface area (Å²) in [4.78, 5) is 41.5. The monoisotopic (exact) mass is 731 g/mol. The molecule has 52 heavy (non-hydrogen) atoms. The molecule has 4 aromatic rings. The number of nitrogens with zero attached hydrogens (tertiary/aromatic N) is 5. The second-order valence-electron chi connectivity index (χ2n) is 14.1. The Balaban J connectivity index is 1.35. The number of aliphatic hydroxyl groups is 1. The summed E-state index contributed by atoms with van der Waals surface area (Å²) in [6.45, 7) is 5.74. The number of unbranched alkanes of at least 4 members (excludes halogenated alkanes) is 1. The van der Waals surface area contributed by atoms with Crippen molar-refractivity contribution < 1.29 is 33.0 Å². The maximum absolute atomic E-state index is 16.5. The molecule has 0 saturated carbocycles. The van der Waals surface area contributed by atoms with Crippen molar-refractivity contribution in [2.24, 2.45) is 5.92 Å². The van der Waals surface area contributed by atoms with Crippen LogP contribution in [0.5, 0.6) is 5.75 Å². The molecule has 1 amide bonds. The number of carbonyl (C=O) groups excluding carboxylic acids is 2. The normalized spacial score (nSPS) is 21.8. The number of esters is 1. The van der Waals surface area contributed by atoms with E-state index in [0.717, 1.165) is 5.56 Å². The lowest BCUT2D eigenvalue weighted by Crippen LogP contribution is -2.45. The van der Waals surface area contributed by atoms with Crippen LogP contribution in [0.2, 0.25) is 18.6 Å². The van der Waals surface area contributed by atoms with Crippen molar-refractivity contribution in [3.8, 4) is 11.4 Å². The fraction of sp³-hybridized carbons (Fsp3) is 0.447. The lowest BCUT2D eigenvalue weighted by Gasteiger charge is -2.31. The lowest BCUT2D eigenvalue weighted by atomic mass is 9.82. The molecule has 6 rings (SSSR count). The molecule has 2 aliphatic heterocycles.